The quantitative estimate of drug-likeness (QED) is 0.0199. The van der Waals surface area contributed by atoms with Crippen molar-refractivity contribution in [3.8, 4) is 0 Å². The van der Waals surface area contributed by atoms with Gasteiger partial charge in [-0.25, -0.2) is 0 Å². The van der Waals surface area contributed by atoms with Crippen LogP contribution in [0.4, 0.5) is 0 Å². The van der Waals surface area contributed by atoms with E-state index in [-0.39, 0.29) is 18.9 Å². The Morgan fingerprint density at radius 3 is 1.01 bits per heavy atom. The van der Waals surface area contributed by atoms with Gasteiger partial charge >= 0.3 is 0 Å². The van der Waals surface area contributed by atoms with Crippen LogP contribution in [0.25, 0.3) is 0 Å². The minimum atomic E-state index is -1.97. The molecule has 3 rings (SSSR count). The predicted octanol–water partition coefficient (Wildman–Crippen LogP) is 16.4. The van der Waals surface area contributed by atoms with Crippen molar-refractivity contribution in [2.24, 2.45) is 0 Å². The minimum absolute atomic E-state index is 0.234. The molecular formula is C88H163NO18. The number of unbranched alkanes of at least 4 members (excludes halogenated alkanes) is 48. The number of nitrogens with one attached hydrogen (secondary N) is 1. The zero-order chi connectivity index (χ0) is 77.4. The summed E-state index contributed by atoms with van der Waals surface area (Å²) in [5, 5.41) is 121. The molecule has 1 amide bonds. The van der Waals surface area contributed by atoms with Crippen molar-refractivity contribution in [2.45, 2.75) is 478 Å². The second-order valence-electron chi connectivity index (χ2n) is 31.7. The van der Waals surface area contributed by atoms with E-state index in [0.717, 1.165) is 70.6 Å². The van der Waals surface area contributed by atoms with Crippen molar-refractivity contribution in [2.75, 3.05) is 26.4 Å². The Kier molecular flexibility index (Phi) is 63.0. The third-order valence-electron chi connectivity index (χ3n) is 22.2. The highest BCUT2D eigenvalue weighted by atomic mass is 16.8. The summed E-state index contributed by atoms with van der Waals surface area (Å²) in [5.74, 6) is -0.234. The second-order valence-corrected chi connectivity index (χ2v) is 31.7. The first-order valence-corrected chi connectivity index (χ1v) is 44.4. The molecule has 17 atom stereocenters. The summed E-state index contributed by atoms with van der Waals surface area (Å²) in [4.78, 5) is 13.5. The lowest BCUT2D eigenvalue weighted by molar-refractivity contribution is -0.379. The molecule has 0 radical (unpaired) electrons. The maximum absolute atomic E-state index is 13.5. The van der Waals surface area contributed by atoms with Gasteiger partial charge in [-0.3, -0.25) is 4.79 Å². The summed E-state index contributed by atoms with van der Waals surface area (Å²) in [6.07, 6.45) is 60.9. The van der Waals surface area contributed by atoms with Crippen molar-refractivity contribution in [3.63, 3.8) is 0 Å². The number of amides is 1. The molecular weight excluding hydrogens is 1360 g/mol. The van der Waals surface area contributed by atoms with Crippen molar-refractivity contribution >= 4 is 5.91 Å². The van der Waals surface area contributed by atoms with Crippen molar-refractivity contribution in [1.29, 1.82) is 0 Å². The number of hydrogen-bond acceptors (Lipinski definition) is 18. The van der Waals surface area contributed by atoms with Gasteiger partial charge < -0.3 is 89.9 Å². The third-order valence-corrected chi connectivity index (χ3v) is 22.2. The summed E-state index contributed by atoms with van der Waals surface area (Å²) >= 11 is 0. The van der Waals surface area contributed by atoms with Crippen LogP contribution in [-0.4, -0.2) is 193 Å². The van der Waals surface area contributed by atoms with E-state index in [0.29, 0.717) is 12.8 Å². The van der Waals surface area contributed by atoms with E-state index in [4.69, 9.17) is 28.4 Å². The highest BCUT2D eigenvalue weighted by Gasteiger charge is 2.54. The largest absolute Gasteiger partial charge is 0.394 e. The highest BCUT2D eigenvalue weighted by Crippen LogP contribution is 2.34. The summed E-state index contributed by atoms with van der Waals surface area (Å²) in [6, 6.07) is -0.887. The SMILES string of the molecule is CC/C=C\C/C=C\C/C=C\C/C=C\CCCCCCCCCCCCCCCCCCCCCCCCCCCCCCC(=O)NC(COC1OC(CO)C(OC2OC(CO)C(OC3OC(CO)C(O)C(O)C3O)C(O)C2O)C(O)C1O)C(O)CCCCCCCCCCCCCCCCCCCCCCC. The van der Waals surface area contributed by atoms with Crippen LogP contribution < -0.4 is 5.32 Å². The fraction of sp³-hybridized carbons (Fsp3) is 0.898. The van der Waals surface area contributed by atoms with E-state index < -0.39 is 124 Å². The molecule has 0 spiro atoms. The molecule has 0 aromatic heterocycles. The standard InChI is InChI=1S/C88H163NO18/c1-3-5-7-9-11-13-15-17-19-21-23-25-26-27-28-29-30-31-32-33-34-35-36-37-38-39-40-41-42-43-44-46-48-50-52-54-56-58-60-62-64-66-76(94)89-71(72(93)65-63-61-59-57-55-53-51-49-47-45-24-22-20-18-16-14-12-10-8-6-4-2)70-102-86-82(100)79(97)84(74(68-91)104-86)107-88-83(101)80(98)85(75(69-92)105-88)106-87-81(99)78(96)77(95)73(67-90)103-87/h5,7,11,13,17,19,23,25,71-75,77-88,90-93,95-101H,3-4,6,8-10,12,14-16,18,20-22,24,26-70H2,1-2H3,(H,89,94)/b7-5-,13-11-,19-17-,25-23-. The number of aliphatic hydroxyl groups excluding tert-OH is 11. The van der Waals surface area contributed by atoms with Gasteiger partial charge in [0.1, 0.15) is 73.2 Å². The molecule has 107 heavy (non-hydrogen) atoms. The van der Waals surface area contributed by atoms with Gasteiger partial charge in [0.2, 0.25) is 5.91 Å². The molecule has 17 unspecified atom stereocenters. The lowest BCUT2D eigenvalue weighted by Crippen LogP contribution is -2.66. The normalized spacial score (nSPS) is 25.7. The smallest absolute Gasteiger partial charge is 0.220 e. The lowest BCUT2D eigenvalue weighted by atomic mass is 9.96. The van der Waals surface area contributed by atoms with Crippen molar-refractivity contribution in [3.05, 3.63) is 48.6 Å². The van der Waals surface area contributed by atoms with Gasteiger partial charge in [0.25, 0.3) is 0 Å². The Morgan fingerprint density at radius 1 is 0.346 bits per heavy atom. The first-order chi connectivity index (χ1) is 52.3. The van der Waals surface area contributed by atoms with Crippen LogP contribution in [0.15, 0.2) is 48.6 Å². The fourth-order valence-corrected chi connectivity index (χ4v) is 15.1. The van der Waals surface area contributed by atoms with E-state index in [2.05, 4.69) is 67.8 Å². The lowest BCUT2D eigenvalue weighted by Gasteiger charge is -2.48. The van der Waals surface area contributed by atoms with E-state index in [1.165, 1.54) is 270 Å². The molecule has 628 valence electrons. The minimum Gasteiger partial charge on any atom is -0.394 e. The maximum Gasteiger partial charge on any atom is 0.220 e. The molecule has 0 aromatic rings. The summed E-state index contributed by atoms with van der Waals surface area (Å²) < 4.78 is 34.6. The fourth-order valence-electron chi connectivity index (χ4n) is 15.1. The average Bonchev–Trinajstić information content (AvgIpc) is 0.782. The molecule has 0 aromatic carbocycles. The molecule has 3 saturated heterocycles. The summed E-state index contributed by atoms with van der Waals surface area (Å²) in [7, 11) is 0. The Morgan fingerprint density at radius 2 is 0.645 bits per heavy atom. The topological polar surface area (TPSA) is 307 Å². The predicted molar refractivity (Wildman–Crippen MR) is 429 cm³/mol. The van der Waals surface area contributed by atoms with Crippen LogP contribution in [0, 0.1) is 0 Å². The number of rotatable bonds is 72. The number of ether oxygens (including phenoxy) is 6. The second kappa shape index (κ2) is 68.2. The number of carbonyl (C=O) groups is 1. The molecule has 3 aliphatic heterocycles. The molecule has 0 bridgehead atoms. The number of allylic oxidation sites excluding steroid dienone is 8. The Bertz CT molecular complexity index is 2120. The van der Waals surface area contributed by atoms with Crippen LogP contribution >= 0.6 is 0 Å². The number of hydrogen-bond donors (Lipinski definition) is 12. The Hall–Kier alpha value is -2.25. The first kappa shape index (κ1) is 98.9. The number of aliphatic hydroxyl groups is 11. The van der Waals surface area contributed by atoms with Gasteiger partial charge in [-0.2, -0.15) is 0 Å². The van der Waals surface area contributed by atoms with Crippen LogP contribution in [0.1, 0.15) is 373 Å². The molecule has 0 saturated carbocycles. The van der Waals surface area contributed by atoms with Gasteiger partial charge in [0.05, 0.1) is 38.6 Å². The Balaban J connectivity index is 1.28. The molecule has 19 nitrogen and oxygen atoms in total. The van der Waals surface area contributed by atoms with Gasteiger partial charge in [0.15, 0.2) is 18.9 Å². The van der Waals surface area contributed by atoms with Gasteiger partial charge in [-0.1, -0.05) is 364 Å². The monoisotopic (exact) mass is 1520 g/mol. The van der Waals surface area contributed by atoms with Crippen molar-refractivity contribution < 1.29 is 89.4 Å². The van der Waals surface area contributed by atoms with Crippen LogP contribution in [-0.2, 0) is 33.2 Å². The molecule has 0 aliphatic carbocycles. The average molecular weight is 1520 g/mol. The van der Waals surface area contributed by atoms with Crippen LogP contribution in [0.5, 0.6) is 0 Å². The summed E-state index contributed by atoms with van der Waals surface area (Å²) in [5.41, 5.74) is 0. The van der Waals surface area contributed by atoms with E-state index in [1.54, 1.807) is 0 Å². The Labute approximate surface area is 650 Å². The van der Waals surface area contributed by atoms with Gasteiger partial charge in [-0.05, 0) is 51.4 Å². The highest BCUT2D eigenvalue weighted by molar-refractivity contribution is 5.76. The zero-order valence-electron chi connectivity index (χ0n) is 67.6. The molecule has 3 fully saturated rings. The zero-order valence-corrected chi connectivity index (χ0v) is 67.6. The molecule has 12 N–H and O–H groups in total. The van der Waals surface area contributed by atoms with E-state index >= 15 is 0 Å². The van der Waals surface area contributed by atoms with Gasteiger partial charge in [-0.15, -0.1) is 0 Å². The first-order valence-electron chi connectivity index (χ1n) is 44.4. The van der Waals surface area contributed by atoms with Gasteiger partial charge in [0, 0.05) is 6.42 Å². The van der Waals surface area contributed by atoms with Crippen LogP contribution in [0.3, 0.4) is 0 Å². The van der Waals surface area contributed by atoms with E-state index in [1.807, 2.05) is 0 Å². The molecule has 19 heteroatoms. The summed E-state index contributed by atoms with van der Waals surface area (Å²) in [6.45, 7) is 1.75. The molecule has 3 heterocycles. The van der Waals surface area contributed by atoms with Crippen molar-refractivity contribution in [1.82, 2.24) is 5.32 Å². The number of carbonyl (C=O) groups excluding carboxylic acids is 1. The van der Waals surface area contributed by atoms with E-state index in [9.17, 15) is 61.0 Å². The molecule has 3 aliphatic rings. The third kappa shape index (κ3) is 47.3. The maximum atomic E-state index is 13.5. The van der Waals surface area contributed by atoms with Crippen LogP contribution in [0.2, 0.25) is 0 Å².